The lowest BCUT2D eigenvalue weighted by Gasteiger charge is -2.42. The van der Waals surface area contributed by atoms with Crippen molar-refractivity contribution in [3.05, 3.63) is 0 Å². The third-order valence-electron chi connectivity index (χ3n) is 5.58. The Labute approximate surface area is 139 Å². The lowest BCUT2D eigenvalue weighted by molar-refractivity contribution is -0.283. The van der Waals surface area contributed by atoms with Crippen LogP contribution in [0.1, 0.15) is 65.2 Å². The summed E-state index contributed by atoms with van der Waals surface area (Å²) in [7, 11) is 0. The Morgan fingerprint density at radius 1 is 0.739 bits per heavy atom. The topological polar surface area (TPSA) is 46.2 Å². The molecule has 3 fully saturated rings. The Morgan fingerprint density at radius 2 is 1.39 bits per heavy atom. The lowest BCUT2D eigenvalue weighted by Crippen LogP contribution is -2.54. The quantitative estimate of drug-likeness (QED) is 0.699. The van der Waals surface area contributed by atoms with E-state index >= 15 is 0 Å². The Bertz CT molecular complexity index is 374. The van der Waals surface area contributed by atoms with E-state index in [0.717, 1.165) is 25.7 Å². The van der Waals surface area contributed by atoms with Crippen LogP contribution in [0.4, 0.5) is 0 Å². The average Bonchev–Trinajstić information content (AvgIpc) is 3.19. The Balaban J connectivity index is 1.66. The van der Waals surface area contributed by atoms with E-state index in [1.54, 1.807) is 0 Å². The Morgan fingerprint density at radius 3 is 2.09 bits per heavy atom. The van der Waals surface area contributed by atoms with E-state index in [9.17, 15) is 0 Å². The second-order valence-electron chi connectivity index (χ2n) is 7.24. The predicted octanol–water partition coefficient (Wildman–Crippen LogP) is 3.40. The van der Waals surface area contributed by atoms with Crippen LogP contribution in [-0.4, -0.2) is 50.2 Å². The molecule has 0 radical (unpaired) electrons. The average molecular weight is 328 g/mol. The molecule has 0 aromatic heterocycles. The molecule has 3 saturated heterocycles. The van der Waals surface area contributed by atoms with Gasteiger partial charge in [-0.2, -0.15) is 0 Å². The zero-order valence-electron chi connectivity index (χ0n) is 14.7. The molecule has 1 unspecified atom stereocenters. The van der Waals surface area contributed by atoms with E-state index in [0.29, 0.717) is 33.0 Å². The predicted molar refractivity (Wildman–Crippen MR) is 86.2 cm³/mol. The van der Waals surface area contributed by atoms with Crippen molar-refractivity contribution >= 4 is 0 Å². The first-order valence-electron chi connectivity index (χ1n) is 9.34. The van der Waals surface area contributed by atoms with Gasteiger partial charge in [-0.05, 0) is 13.3 Å². The summed E-state index contributed by atoms with van der Waals surface area (Å²) in [5.74, 6) is -1.24. The lowest BCUT2D eigenvalue weighted by atomic mass is 9.85. The molecule has 1 atom stereocenters. The van der Waals surface area contributed by atoms with Gasteiger partial charge >= 0.3 is 0 Å². The van der Waals surface area contributed by atoms with Crippen molar-refractivity contribution in [2.24, 2.45) is 0 Å². The van der Waals surface area contributed by atoms with Gasteiger partial charge in [-0.25, -0.2) is 0 Å². The summed E-state index contributed by atoms with van der Waals surface area (Å²) in [6.45, 7) is 7.43. The first-order chi connectivity index (χ1) is 11.1. The number of rotatable bonds is 6. The van der Waals surface area contributed by atoms with Crippen molar-refractivity contribution in [1.82, 2.24) is 0 Å². The second-order valence-corrected chi connectivity index (χ2v) is 7.24. The molecule has 5 heteroatoms. The van der Waals surface area contributed by atoms with E-state index in [-0.39, 0.29) is 0 Å². The maximum absolute atomic E-state index is 6.37. The van der Waals surface area contributed by atoms with E-state index in [2.05, 4.69) is 13.8 Å². The first kappa shape index (κ1) is 17.6. The third-order valence-corrected chi connectivity index (χ3v) is 5.58. The summed E-state index contributed by atoms with van der Waals surface area (Å²) in [6.07, 6.45) is 8.71. The van der Waals surface area contributed by atoms with Gasteiger partial charge in [-0.1, -0.05) is 39.0 Å². The highest BCUT2D eigenvalue weighted by molar-refractivity contribution is 4.99. The molecule has 0 aromatic carbocycles. The SMILES string of the molecule is CCCCCCCC1(C)OCC2(CCC13OCCO3)OCCO2. The van der Waals surface area contributed by atoms with Gasteiger partial charge in [0.1, 0.15) is 12.2 Å². The number of hydrogen-bond donors (Lipinski definition) is 0. The van der Waals surface area contributed by atoms with Crippen LogP contribution in [0.2, 0.25) is 0 Å². The molecule has 3 aliphatic heterocycles. The molecule has 3 heterocycles. The third kappa shape index (κ3) is 3.59. The Hall–Kier alpha value is -0.200. The summed E-state index contributed by atoms with van der Waals surface area (Å²) in [5, 5.41) is 0. The minimum absolute atomic E-state index is 0.436. The molecular weight excluding hydrogens is 296 g/mol. The smallest absolute Gasteiger partial charge is 0.197 e. The highest BCUT2D eigenvalue weighted by Crippen LogP contribution is 2.47. The van der Waals surface area contributed by atoms with Crippen molar-refractivity contribution in [3.8, 4) is 0 Å². The molecule has 5 nitrogen and oxygen atoms in total. The Kier molecular flexibility index (Phi) is 5.64. The minimum Gasteiger partial charge on any atom is -0.364 e. The fourth-order valence-corrected chi connectivity index (χ4v) is 4.03. The van der Waals surface area contributed by atoms with Gasteiger partial charge < -0.3 is 23.7 Å². The largest absolute Gasteiger partial charge is 0.364 e. The van der Waals surface area contributed by atoms with Crippen molar-refractivity contribution in [1.29, 1.82) is 0 Å². The molecule has 0 amide bonds. The number of ether oxygens (including phenoxy) is 5. The van der Waals surface area contributed by atoms with Crippen LogP contribution in [0.3, 0.4) is 0 Å². The molecule has 0 bridgehead atoms. The molecule has 0 N–H and O–H groups in total. The monoisotopic (exact) mass is 328 g/mol. The van der Waals surface area contributed by atoms with Gasteiger partial charge in [0.05, 0.1) is 26.4 Å². The first-order valence-corrected chi connectivity index (χ1v) is 9.34. The molecule has 3 rings (SSSR count). The van der Waals surface area contributed by atoms with Crippen LogP contribution in [0.5, 0.6) is 0 Å². The molecular formula is C18H32O5. The molecule has 23 heavy (non-hydrogen) atoms. The molecule has 0 aromatic rings. The van der Waals surface area contributed by atoms with Crippen molar-refractivity contribution in [2.75, 3.05) is 33.0 Å². The van der Waals surface area contributed by atoms with Gasteiger partial charge in [0.2, 0.25) is 0 Å². The summed E-state index contributed by atoms with van der Waals surface area (Å²) in [6, 6.07) is 0. The summed E-state index contributed by atoms with van der Waals surface area (Å²) in [5.41, 5.74) is -0.436. The van der Waals surface area contributed by atoms with E-state index in [1.807, 2.05) is 0 Å². The standard InChI is InChI=1S/C18H32O5/c1-3-4-5-6-7-8-16(2)18(21-13-14-22-18)10-9-17(15-23-16)19-11-12-20-17/h3-15H2,1-2H3. The number of unbranched alkanes of at least 4 members (excludes halogenated alkanes) is 4. The molecule has 0 saturated carbocycles. The second kappa shape index (κ2) is 7.36. The van der Waals surface area contributed by atoms with Crippen molar-refractivity contribution in [2.45, 2.75) is 82.4 Å². The zero-order chi connectivity index (χ0) is 16.2. The van der Waals surface area contributed by atoms with E-state index < -0.39 is 17.2 Å². The molecule has 0 aliphatic carbocycles. The maximum atomic E-state index is 6.37. The van der Waals surface area contributed by atoms with Crippen LogP contribution in [0, 0.1) is 0 Å². The van der Waals surface area contributed by atoms with Gasteiger partial charge in [0, 0.05) is 12.8 Å². The molecule has 134 valence electrons. The van der Waals surface area contributed by atoms with Crippen LogP contribution in [-0.2, 0) is 23.7 Å². The van der Waals surface area contributed by atoms with Crippen molar-refractivity contribution < 1.29 is 23.7 Å². The van der Waals surface area contributed by atoms with Gasteiger partial charge in [-0.3, -0.25) is 0 Å². The van der Waals surface area contributed by atoms with E-state index in [1.165, 1.54) is 25.7 Å². The summed E-state index contributed by atoms with van der Waals surface area (Å²) >= 11 is 0. The van der Waals surface area contributed by atoms with Crippen LogP contribution < -0.4 is 0 Å². The highest BCUT2D eigenvalue weighted by atomic mass is 16.8. The molecule has 3 aliphatic rings. The highest BCUT2D eigenvalue weighted by Gasteiger charge is 2.58. The maximum Gasteiger partial charge on any atom is 0.197 e. The van der Waals surface area contributed by atoms with Gasteiger partial charge in [0.25, 0.3) is 0 Å². The normalized spacial score (nSPS) is 32.6. The molecule has 2 spiro atoms. The number of hydrogen-bond acceptors (Lipinski definition) is 5. The van der Waals surface area contributed by atoms with Crippen LogP contribution in [0.15, 0.2) is 0 Å². The van der Waals surface area contributed by atoms with E-state index in [4.69, 9.17) is 23.7 Å². The van der Waals surface area contributed by atoms with Crippen LogP contribution >= 0.6 is 0 Å². The van der Waals surface area contributed by atoms with Gasteiger partial charge in [-0.15, -0.1) is 0 Å². The fourth-order valence-electron chi connectivity index (χ4n) is 4.03. The fraction of sp³-hybridized carbons (Fsp3) is 1.00. The summed E-state index contributed by atoms with van der Waals surface area (Å²) < 4.78 is 30.3. The van der Waals surface area contributed by atoms with Gasteiger partial charge in [0.15, 0.2) is 11.6 Å². The van der Waals surface area contributed by atoms with Crippen LogP contribution in [0.25, 0.3) is 0 Å². The minimum atomic E-state index is -0.642. The summed E-state index contributed by atoms with van der Waals surface area (Å²) in [4.78, 5) is 0. The zero-order valence-corrected chi connectivity index (χ0v) is 14.7. The van der Waals surface area contributed by atoms with Crippen molar-refractivity contribution in [3.63, 3.8) is 0 Å².